The third kappa shape index (κ3) is 3.96. The van der Waals surface area contributed by atoms with E-state index in [2.05, 4.69) is 46.9 Å². The highest BCUT2D eigenvalue weighted by Gasteiger charge is 2.34. The molecule has 128 valence electrons. The van der Waals surface area contributed by atoms with Crippen molar-refractivity contribution < 1.29 is 4.79 Å². The van der Waals surface area contributed by atoms with Crippen molar-refractivity contribution in [2.75, 3.05) is 37.7 Å². The number of carbonyl (C=O) groups excluding carboxylic acids is 1. The van der Waals surface area contributed by atoms with Gasteiger partial charge in [0.15, 0.2) is 0 Å². The zero-order chi connectivity index (χ0) is 16.9. The van der Waals surface area contributed by atoms with Crippen LogP contribution in [0, 0.1) is 25.2 Å². The zero-order valence-corrected chi connectivity index (χ0v) is 15.2. The molecule has 1 amide bonds. The van der Waals surface area contributed by atoms with Crippen molar-refractivity contribution >= 4 is 17.7 Å². The number of hydrogen-bond donors (Lipinski definition) is 0. The van der Waals surface area contributed by atoms with Crippen molar-refractivity contribution in [3.8, 4) is 12.3 Å². The molecule has 2 heterocycles. The van der Waals surface area contributed by atoms with E-state index in [0.717, 1.165) is 44.0 Å². The number of thioether (sulfide) groups is 1. The minimum Gasteiger partial charge on any atom is -0.334 e. The van der Waals surface area contributed by atoms with Gasteiger partial charge in [-0.15, -0.1) is 6.42 Å². The lowest BCUT2D eigenvalue weighted by Gasteiger charge is -2.39. The fourth-order valence-corrected chi connectivity index (χ4v) is 4.72. The Kier molecular flexibility index (Phi) is 5.86. The molecule has 3 nitrogen and oxygen atoms in total. The van der Waals surface area contributed by atoms with Crippen LogP contribution in [0.5, 0.6) is 0 Å². The van der Waals surface area contributed by atoms with Crippen LogP contribution in [-0.4, -0.2) is 53.4 Å². The molecular formula is C20H26N2OS. The maximum atomic E-state index is 13.1. The van der Waals surface area contributed by atoms with Crippen molar-refractivity contribution in [1.29, 1.82) is 0 Å². The number of nitrogens with zero attached hydrogens (tertiary/aromatic N) is 2. The number of piperidine rings is 1. The molecule has 2 aliphatic rings. The summed E-state index contributed by atoms with van der Waals surface area (Å²) < 4.78 is 0. The molecule has 2 fully saturated rings. The topological polar surface area (TPSA) is 23.6 Å². The summed E-state index contributed by atoms with van der Waals surface area (Å²) in [7, 11) is 0. The van der Waals surface area contributed by atoms with Crippen molar-refractivity contribution in [1.82, 2.24) is 9.80 Å². The Bertz CT molecular complexity index is 599. The molecule has 24 heavy (non-hydrogen) atoms. The Morgan fingerprint density at radius 2 is 1.96 bits per heavy atom. The lowest BCUT2D eigenvalue weighted by Crippen LogP contribution is -2.46. The van der Waals surface area contributed by atoms with E-state index in [1.165, 1.54) is 11.1 Å². The highest BCUT2D eigenvalue weighted by atomic mass is 32.2. The first-order chi connectivity index (χ1) is 11.7. The minimum absolute atomic E-state index is 0.162. The summed E-state index contributed by atoms with van der Waals surface area (Å²) in [5.41, 5.74) is 2.53. The summed E-state index contributed by atoms with van der Waals surface area (Å²) in [5.74, 6) is 5.27. The second-order valence-electron chi connectivity index (χ2n) is 6.79. The predicted molar refractivity (Wildman–Crippen MR) is 101 cm³/mol. The molecule has 3 rings (SSSR count). The molecule has 0 bridgehead atoms. The lowest BCUT2D eigenvalue weighted by molar-refractivity contribution is -0.139. The molecular weight excluding hydrogens is 316 g/mol. The second kappa shape index (κ2) is 8.09. The molecule has 0 radical (unpaired) electrons. The normalized spacial score (nSPS) is 23.0. The highest BCUT2D eigenvalue weighted by molar-refractivity contribution is 7.99. The van der Waals surface area contributed by atoms with Gasteiger partial charge in [-0.1, -0.05) is 35.7 Å². The van der Waals surface area contributed by atoms with Gasteiger partial charge >= 0.3 is 0 Å². The number of likely N-dealkylation sites (tertiary alicyclic amines) is 1. The minimum atomic E-state index is 0.162. The molecule has 2 saturated heterocycles. The summed E-state index contributed by atoms with van der Waals surface area (Å²) >= 11 is 1.95. The maximum Gasteiger partial charge on any atom is 0.226 e. The van der Waals surface area contributed by atoms with Crippen LogP contribution < -0.4 is 0 Å². The molecule has 0 aliphatic carbocycles. The Balaban J connectivity index is 1.68. The molecule has 0 saturated carbocycles. The van der Waals surface area contributed by atoms with Crippen LogP contribution >= 0.6 is 11.8 Å². The average molecular weight is 343 g/mol. The van der Waals surface area contributed by atoms with Gasteiger partial charge in [-0.25, -0.2) is 0 Å². The van der Waals surface area contributed by atoms with Gasteiger partial charge in [0.2, 0.25) is 5.91 Å². The van der Waals surface area contributed by atoms with Crippen LogP contribution in [0.1, 0.15) is 30.0 Å². The largest absolute Gasteiger partial charge is 0.334 e. The lowest BCUT2D eigenvalue weighted by atomic mass is 9.93. The Labute approximate surface area is 149 Å². The standard InChI is InChI=1S/C20H26N2OS/c1-3-10-21-11-8-18(9-12-21)20(23)22-13-14-24-15-19(22)17-6-4-16(2)5-7-17/h1,4-7,18-19H,8-15H2,2H3/t19-/m0/s1. The molecule has 1 aromatic rings. The number of aryl methyl sites for hydroxylation is 1. The first-order valence-electron chi connectivity index (χ1n) is 8.79. The number of terminal acetylenes is 1. The van der Waals surface area contributed by atoms with Crippen LogP contribution in [0.4, 0.5) is 0 Å². The smallest absolute Gasteiger partial charge is 0.226 e. The number of benzene rings is 1. The summed E-state index contributed by atoms with van der Waals surface area (Å²) in [6.45, 7) is 5.56. The number of hydrogen-bond acceptors (Lipinski definition) is 3. The maximum absolute atomic E-state index is 13.1. The highest BCUT2D eigenvalue weighted by Crippen LogP contribution is 2.32. The number of carbonyl (C=O) groups is 1. The Morgan fingerprint density at radius 1 is 1.25 bits per heavy atom. The third-order valence-corrected chi connectivity index (χ3v) is 6.15. The second-order valence-corrected chi connectivity index (χ2v) is 7.94. The van der Waals surface area contributed by atoms with E-state index in [9.17, 15) is 4.79 Å². The summed E-state index contributed by atoms with van der Waals surface area (Å²) in [4.78, 5) is 17.5. The quantitative estimate of drug-likeness (QED) is 0.789. The summed E-state index contributed by atoms with van der Waals surface area (Å²) in [5, 5.41) is 0. The van der Waals surface area contributed by atoms with Gasteiger partial charge in [0.1, 0.15) is 0 Å². The monoisotopic (exact) mass is 342 g/mol. The fraction of sp³-hybridized carbons (Fsp3) is 0.550. The number of rotatable bonds is 3. The summed E-state index contributed by atoms with van der Waals surface area (Å²) in [6.07, 6.45) is 7.27. The Hall–Kier alpha value is -1.44. The van der Waals surface area contributed by atoms with Gasteiger partial charge < -0.3 is 4.90 Å². The van der Waals surface area contributed by atoms with Gasteiger partial charge in [-0.3, -0.25) is 9.69 Å². The first kappa shape index (κ1) is 17.4. The van der Waals surface area contributed by atoms with E-state index in [1.54, 1.807) is 0 Å². The molecule has 0 N–H and O–H groups in total. The van der Waals surface area contributed by atoms with Crippen LogP contribution in [0.15, 0.2) is 24.3 Å². The van der Waals surface area contributed by atoms with Crippen LogP contribution in [0.2, 0.25) is 0 Å². The Morgan fingerprint density at radius 3 is 2.62 bits per heavy atom. The van der Waals surface area contributed by atoms with E-state index in [1.807, 2.05) is 11.8 Å². The van der Waals surface area contributed by atoms with Crippen molar-refractivity contribution in [2.24, 2.45) is 5.92 Å². The average Bonchev–Trinajstić information content (AvgIpc) is 2.63. The van der Waals surface area contributed by atoms with E-state index < -0.39 is 0 Å². The molecule has 1 aromatic carbocycles. The van der Waals surface area contributed by atoms with E-state index in [0.29, 0.717) is 12.5 Å². The van der Waals surface area contributed by atoms with Gasteiger partial charge in [-0.2, -0.15) is 11.8 Å². The van der Waals surface area contributed by atoms with Crippen molar-refractivity contribution in [3.05, 3.63) is 35.4 Å². The zero-order valence-electron chi connectivity index (χ0n) is 14.4. The van der Waals surface area contributed by atoms with Gasteiger partial charge in [0.25, 0.3) is 0 Å². The van der Waals surface area contributed by atoms with Gasteiger partial charge in [0.05, 0.1) is 12.6 Å². The molecule has 4 heteroatoms. The molecule has 0 unspecified atom stereocenters. The summed E-state index contributed by atoms with van der Waals surface area (Å²) in [6, 6.07) is 8.88. The van der Waals surface area contributed by atoms with Crippen LogP contribution in [0.3, 0.4) is 0 Å². The van der Waals surface area contributed by atoms with Crippen molar-refractivity contribution in [2.45, 2.75) is 25.8 Å². The SMILES string of the molecule is C#CCN1CCC(C(=O)N2CCSC[C@H]2c2ccc(C)cc2)CC1. The molecule has 0 spiro atoms. The van der Waals surface area contributed by atoms with Crippen LogP contribution in [0.25, 0.3) is 0 Å². The third-order valence-electron chi connectivity index (χ3n) is 5.13. The van der Waals surface area contributed by atoms with E-state index in [-0.39, 0.29) is 12.0 Å². The van der Waals surface area contributed by atoms with Crippen LogP contribution in [-0.2, 0) is 4.79 Å². The van der Waals surface area contributed by atoms with Crippen molar-refractivity contribution in [3.63, 3.8) is 0 Å². The number of amides is 1. The fourth-order valence-electron chi connectivity index (χ4n) is 3.63. The molecule has 0 aromatic heterocycles. The molecule has 2 aliphatic heterocycles. The van der Waals surface area contributed by atoms with E-state index in [4.69, 9.17) is 6.42 Å². The first-order valence-corrected chi connectivity index (χ1v) is 9.95. The van der Waals surface area contributed by atoms with Gasteiger partial charge in [0, 0.05) is 24.0 Å². The van der Waals surface area contributed by atoms with E-state index >= 15 is 0 Å². The van der Waals surface area contributed by atoms with Gasteiger partial charge in [-0.05, 0) is 38.4 Å². The molecule has 1 atom stereocenters. The predicted octanol–water partition coefficient (Wildman–Crippen LogP) is 2.96.